The summed E-state index contributed by atoms with van der Waals surface area (Å²) in [5, 5.41) is -0.592. The average Bonchev–Trinajstić information content (AvgIpc) is 2.34. The number of carbonyl (C=O) groups is 1. The van der Waals surface area contributed by atoms with Gasteiger partial charge in [0.25, 0.3) is 5.24 Å². The van der Waals surface area contributed by atoms with Crippen molar-refractivity contribution in [3.8, 4) is 0 Å². The predicted molar refractivity (Wildman–Crippen MR) is 74.3 cm³/mol. The maximum absolute atomic E-state index is 11.1. The number of hydrogen-bond donors (Lipinski definition) is 0. The molecule has 19 heavy (non-hydrogen) atoms. The van der Waals surface area contributed by atoms with Crippen molar-refractivity contribution in [2.45, 2.75) is 27.4 Å². The Balaban J connectivity index is 3.26. The van der Waals surface area contributed by atoms with Gasteiger partial charge in [0.15, 0.2) is 0 Å². The lowest BCUT2D eigenvalue weighted by molar-refractivity contribution is 0.108. The van der Waals surface area contributed by atoms with Crippen LogP contribution in [0.4, 0.5) is 0 Å². The zero-order valence-corrected chi connectivity index (χ0v) is 12.4. The summed E-state index contributed by atoms with van der Waals surface area (Å²) in [5.41, 5.74) is 3.85. The highest BCUT2D eigenvalue weighted by molar-refractivity contribution is 7.74. The topological polar surface area (TPSA) is 66.4 Å². The van der Waals surface area contributed by atoms with E-state index in [1.165, 1.54) is 0 Å². The fraction of sp³-hybridized carbons (Fsp3) is 0.308. The zero-order valence-electron chi connectivity index (χ0n) is 10.9. The second kappa shape index (κ2) is 6.96. The van der Waals surface area contributed by atoms with Gasteiger partial charge in [-0.05, 0) is 61.2 Å². The van der Waals surface area contributed by atoms with Crippen LogP contribution in [0.25, 0.3) is 5.57 Å². The predicted octanol–water partition coefficient (Wildman–Crippen LogP) is 3.19. The molecular weight excluding hydrogens is 288 g/mol. The zero-order chi connectivity index (χ0) is 14.6. The van der Waals surface area contributed by atoms with Crippen LogP contribution in [0, 0.1) is 0 Å². The number of halogens is 1. The molecule has 1 aromatic rings. The van der Waals surface area contributed by atoms with E-state index in [0.29, 0.717) is 11.1 Å². The van der Waals surface area contributed by atoms with Crippen LogP contribution in [-0.2, 0) is 22.2 Å². The van der Waals surface area contributed by atoms with Crippen LogP contribution in [0.3, 0.4) is 0 Å². The molecule has 4 nitrogen and oxygen atoms in total. The summed E-state index contributed by atoms with van der Waals surface area (Å²) in [6, 6.07) is 4.89. The minimum atomic E-state index is -2.60. The largest absolute Gasteiger partial charge is 0.750 e. The van der Waals surface area contributed by atoms with E-state index in [2.05, 4.69) is 4.18 Å². The second-order valence-electron chi connectivity index (χ2n) is 4.24. The monoisotopic (exact) mass is 301 g/mol. The molecule has 0 saturated carbocycles. The van der Waals surface area contributed by atoms with Crippen molar-refractivity contribution in [3.63, 3.8) is 0 Å². The molecule has 1 atom stereocenters. The van der Waals surface area contributed by atoms with E-state index in [0.717, 1.165) is 16.7 Å². The first kappa shape index (κ1) is 16.0. The fourth-order valence-electron chi connectivity index (χ4n) is 1.58. The lowest BCUT2D eigenvalue weighted by Gasteiger charge is -2.13. The molecule has 0 fully saturated rings. The molecule has 0 spiro atoms. The number of benzene rings is 1. The van der Waals surface area contributed by atoms with Crippen molar-refractivity contribution in [3.05, 3.63) is 40.5 Å². The highest BCUT2D eigenvalue weighted by Crippen LogP contribution is 2.24. The normalized spacial score (nSPS) is 12.1. The Hall–Kier alpha value is -1.01. The smallest absolute Gasteiger partial charge is 0.252 e. The third-order valence-electron chi connectivity index (χ3n) is 2.80. The Morgan fingerprint density at radius 1 is 1.37 bits per heavy atom. The number of allylic oxidation sites excluding steroid dienone is 2. The van der Waals surface area contributed by atoms with Crippen LogP contribution in [0.2, 0.25) is 0 Å². The van der Waals surface area contributed by atoms with Gasteiger partial charge in [-0.2, -0.15) is 0 Å². The Morgan fingerprint density at radius 2 is 2.00 bits per heavy atom. The first-order chi connectivity index (χ1) is 8.82. The van der Waals surface area contributed by atoms with Crippen molar-refractivity contribution in [1.29, 1.82) is 0 Å². The van der Waals surface area contributed by atoms with Gasteiger partial charge in [-0.15, -0.1) is 0 Å². The number of rotatable bonds is 5. The first-order valence-corrected chi connectivity index (χ1v) is 6.90. The first-order valence-electron chi connectivity index (χ1n) is 5.52. The highest BCUT2D eigenvalue weighted by atomic mass is 35.5. The van der Waals surface area contributed by atoms with Crippen LogP contribution in [0.15, 0.2) is 23.8 Å². The Morgan fingerprint density at radius 3 is 2.47 bits per heavy atom. The van der Waals surface area contributed by atoms with E-state index in [1.54, 1.807) is 18.2 Å². The molecule has 0 saturated heterocycles. The molecule has 0 N–H and O–H groups in total. The van der Waals surface area contributed by atoms with Gasteiger partial charge in [-0.25, -0.2) is 4.21 Å². The minimum absolute atomic E-state index is 0.131. The fourth-order valence-corrected chi connectivity index (χ4v) is 1.92. The molecule has 6 heteroatoms. The van der Waals surface area contributed by atoms with Crippen molar-refractivity contribution in [2.24, 2.45) is 0 Å². The Bertz CT molecular complexity index is 548. The second-order valence-corrected chi connectivity index (χ2v) is 5.22. The maximum Gasteiger partial charge on any atom is 0.252 e. The van der Waals surface area contributed by atoms with E-state index in [9.17, 15) is 13.6 Å². The summed E-state index contributed by atoms with van der Waals surface area (Å²) in [6.07, 6.45) is 0. The molecule has 0 aliphatic carbocycles. The van der Waals surface area contributed by atoms with E-state index in [-0.39, 0.29) is 6.61 Å². The van der Waals surface area contributed by atoms with Gasteiger partial charge in [-0.1, -0.05) is 11.6 Å². The molecule has 1 aromatic carbocycles. The number of carbonyl (C=O) groups excluding carboxylic acids is 1. The van der Waals surface area contributed by atoms with E-state index in [4.69, 9.17) is 11.6 Å². The molecule has 0 aromatic heterocycles. The summed E-state index contributed by atoms with van der Waals surface area (Å²) in [7, 11) is 0. The summed E-state index contributed by atoms with van der Waals surface area (Å²) in [6.45, 7) is 5.69. The van der Waals surface area contributed by atoms with Crippen LogP contribution >= 0.6 is 11.6 Å². The SMILES string of the molecule is CC(C)=C(C)c1ccc(C(=O)Cl)cc1COS(=O)[O-]. The maximum atomic E-state index is 11.1. The molecule has 0 aliphatic rings. The third-order valence-corrected chi connectivity index (χ3v) is 3.33. The lowest BCUT2D eigenvalue weighted by atomic mass is 9.96. The van der Waals surface area contributed by atoms with Crippen molar-refractivity contribution < 1.29 is 17.7 Å². The van der Waals surface area contributed by atoms with E-state index in [1.807, 2.05) is 20.8 Å². The lowest BCUT2D eigenvalue weighted by Crippen LogP contribution is -2.02. The van der Waals surface area contributed by atoms with E-state index >= 15 is 0 Å². The van der Waals surface area contributed by atoms with Gasteiger partial charge < -0.3 is 4.55 Å². The average molecular weight is 302 g/mol. The van der Waals surface area contributed by atoms with Gasteiger partial charge in [0.05, 0.1) is 18.0 Å². The molecule has 104 valence electrons. The number of hydrogen-bond acceptors (Lipinski definition) is 4. The quantitative estimate of drug-likeness (QED) is 0.619. The summed E-state index contributed by atoms with van der Waals surface area (Å²) in [5.74, 6) is 0. The Kier molecular flexibility index (Phi) is 5.87. The van der Waals surface area contributed by atoms with Crippen molar-refractivity contribution in [2.75, 3.05) is 0 Å². The molecule has 1 rings (SSSR count). The third kappa shape index (κ3) is 4.54. The standard InChI is InChI=1S/C13H15ClO4S/c1-8(2)9(3)12-5-4-10(13(14)15)6-11(12)7-18-19(16)17/h4-6H,7H2,1-3H3,(H,16,17)/p-1. The molecule has 0 radical (unpaired) electrons. The minimum Gasteiger partial charge on any atom is -0.750 e. The molecule has 0 amide bonds. The van der Waals surface area contributed by atoms with Gasteiger partial charge in [0.2, 0.25) is 0 Å². The molecular formula is C13H14ClO4S-. The molecule has 1 unspecified atom stereocenters. The van der Waals surface area contributed by atoms with Crippen LogP contribution in [0.5, 0.6) is 0 Å². The van der Waals surface area contributed by atoms with E-state index < -0.39 is 16.6 Å². The van der Waals surface area contributed by atoms with Crippen LogP contribution < -0.4 is 0 Å². The van der Waals surface area contributed by atoms with Crippen molar-refractivity contribution >= 4 is 33.8 Å². The van der Waals surface area contributed by atoms with Crippen LogP contribution in [-0.4, -0.2) is 14.0 Å². The Labute approximate surface area is 119 Å². The van der Waals surface area contributed by atoms with Gasteiger partial charge in [0, 0.05) is 5.56 Å². The molecule has 0 heterocycles. The highest BCUT2D eigenvalue weighted by Gasteiger charge is 2.10. The van der Waals surface area contributed by atoms with Gasteiger partial charge in [-0.3, -0.25) is 8.98 Å². The van der Waals surface area contributed by atoms with Gasteiger partial charge in [0.1, 0.15) is 0 Å². The molecule has 0 aliphatic heterocycles. The molecule has 0 bridgehead atoms. The summed E-state index contributed by atoms with van der Waals surface area (Å²) < 4.78 is 25.5. The van der Waals surface area contributed by atoms with Crippen LogP contribution in [0.1, 0.15) is 42.3 Å². The summed E-state index contributed by atoms with van der Waals surface area (Å²) >= 11 is 2.82. The van der Waals surface area contributed by atoms with Gasteiger partial charge >= 0.3 is 0 Å². The summed E-state index contributed by atoms with van der Waals surface area (Å²) in [4.78, 5) is 11.1. The van der Waals surface area contributed by atoms with Crippen molar-refractivity contribution in [1.82, 2.24) is 0 Å².